The lowest BCUT2D eigenvalue weighted by Gasteiger charge is -2.36. The second kappa shape index (κ2) is 10.7. The number of anilines is 2. The van der Waals surface area contributed by atoms with Gasteiger partial charge in [-0.05, 0) is 52.0 Å². The molecule has 0 unspecified atom stereocenters. The van der Waals surface area contributed by atoms with Crippen LogP contribution in [-0.2, 0) is 0 Å². The van der Waals surface area contributed by atoms with Gasteiger partial charge in [0.1, 0.15) is 17.2 Å². The summed E-state index contributed by atoms with van der Waals surface area (Å²) in [5, 5.41) is 4.15. The molecule has 5 rings (SSSR count). The van der Waals surface area contributed by atoms with E-state index in [0.29, 0.717) is 34.8 Å². The van der Waals surface area contributed by atoms with Gasteiger partial charge in [0.15, 0.2) is 5.75 Å². The van der Waals surface area contributed by atoms with Gasteiger partial charge in [0, 0.05) is 67.8 Å². The summed E-state index contributed by atoms with van der Waals surface area (Å²) in [6, 6.07) is 8.24. The molecule has 0 aromatic carbocycles. The Morgan fingerprint density at radius 2 is 1.76 bits per heavy atom. The van der Waals surface area contributed by atoms with E-state index in [-0.39, 0.29) is 11.9 Å². The monoisotopic (exact) mass is 514 g/mol. The number of fused-ring (bicyclic) bond motifs is 1. The van der Waals surface area contributed by atoms with Crippen molar-refractivity contribution in [1.29, 1.82) is 0 Å². The topological polar surface area (TPSA) is 101 Å². The number of pyridine rings is 2. The molecule has 0 aliphatic carbocycles. The fourth-order valence-corrected chi connectivity index (χ4v) is 4.77. The van der Waals surface area contributed by atoms with Crippen molar-refractivity contribution in [3.05, 3.63) is 54.6 Å². The lowest BCUT2D eigenvalue weighted by atomic mass is 10.1. The van der Waals surface area contributed by atoms with Gasteiger partial charge in [-0.2, -0.15) is 0 Å². The summed E-state index contributed by atoms with van der Waals surface area (Å²) in [5.41, 5.74) is 3.03. The highest BCUT2D eigenvalue weighted by molar-refractivity contribution is 5.95. The van der Waals surface area contributed by atoms with E-state index in [1.54, 1.807) is 37.8 Å². The molecule has 0 bridgehead atoms. The van der Waals surface area contributed by atoms with E-state index in [4.69, 9.17) is 9.72 Å². The molecule has 1 fully saturated rings. The molecule has 0 spiro atoms. The van der Waals surface area contributed by atoms with Crippen LogP contribution in [0.25, 0.3) is 22.3 Å². The average molecular weight is 515 g/mol. The minimum atomic E-state index is 0.00518. The SMILES string of the molecule is COc1cnc(Nc2ccc(C(=O)N3CCN(C(C)C)CC3)cn2)nc1-c1cn(C(C)C)c2ncccc12. The normalized spacial score (nSPS) is 14.4. The Hall–Kier alpha value is -4.05. The third-order valence-corrected chi connectivity index (χ3v) is 6.96. The van der Waals surface area contributed by atoms with Gasteiger partial charge in [0.2, 0.25) is 5.95 Å². The number of carbonyl (C=O) groups excluding carboxylic acids is 1. The number of methoxy groups -OCH3 is 1. The van der Waals surface area contributed by atoms with E-state index >= 15 is 0 Å². The maximum Gasteiger partial charge on any atom is 0.255 e. The second-order valence-corrected chi connectivity index (χ2v) is 10.0. The smallest absolute Gasteiger partial charge is 0.255 e. The van der Waals surface area contributed by atoms with Gasteiger partial charge in [-0.15, -0.1) is 0 Å². The molecule has 38 heavy (non-hydrogen) atoms. The largest absolute Gasteiger partial charge is 0.493 e. The van der Waals surface area contributed by atoms with Gasteiger partial charge in [-0.3, -0.25) is 9.69 Å². The van der Waals surface area contributed by atoms with Gasteiger partial charge >= 0.3 is 0 Å². The van der Waals surface area contributed by atoms with Crippen LogP contribution in [0, 0.1) is 0 Å². The van der Waals surface area contributed by atoms with Crippen molar-refractivity contribution in [3.8, 4) is 17.0 Å². The Labute approximate surface area is 222 Å². The van der Waals surface area contributed by atoms with Crippen molar-refractivity contribution < 1.29 is 9.53 Å². The zero-order valence-electron chi connectivity index (χ0n) is 22.5. The molecular formula is C28H34N8O2. The molecule has 0 atom stereocenters. The number of carbonyl (C=O) groups is 1. The first kappa shape index (κ1) is 25.6. The van der Waals surface area contributed by atoms with E-state index < -0.39 is 0 Å². The Morgan fingerprint density at radius 1 is 0.974 bits per heavy atom. The molecule has 4 aromatic rings. The van der Waals surface area contributed by atoms with Crippen molar-refractivity contribution in [3.63, 3.8) is 0 Å². The minimum Gasteiger partial charge on any atom is -0.493 e. The summed E-state index contributed by atoms with van der Waals surface area (Å²) in [7, 11) is 1.61. The van der Waals surface area contributed by atoms with Gasteiger partial charge < -0.3 is 19.5 Å². The fraction of sp³-hybridized carbons (Fsp3) is 0.393. The summed E-state index contributed by atoms with van der Waals surface area (Å²) >= 11 is 0. The van der Waals surface area contributed by atoms with Crippen molar-refractivity contribution >= 4 is 28.7 Å². The van der Waals surface area contributed by atoms with Crippen LogP contribution in [0.2, 0.25) is 0 Å². The molecule has 1 N–H and O–H groups in total. The highest BCUT2D eigenvalue weighted by atomic mass is 16.5. The van der Waals surface area contributed by atoms with Crippen LogP contribution in [0.1, 0.15) is 44.1 Å². The number of ether oxygens (including phenoxy) is 1. The van der Waals surface area contributed by atoms with Gasteiger partial charge in [-0.25, -0.2) is 19.9 Å². The Kier molecular flexibility index (Phi) is 7.24. The molecule has 1 aliphatic heterocycles. The molecule has 1 aliphatic rings. The van der Waals surface area contributed by atoms with Crippen molar-refractivity contribution in [2.24, 2.45) is 0 Å². The quantitative estimate of drug-likeness (QED) is 0.388. The van der Waals surface area contributed by atoms with E-state index in [0.717, 1.165) is 42.8 Å². The highest BCUT2D eigenvalue weighted by Gasteiger charge is 2.24. The van der Waals surface area contributed by atoms with Crippen LogP contribution in [-0.4, -0.2) is 79.5 Å². The zero-order chi connectivity index (χ0) is 26.8. The fourth-order valence-electron chi connectivity index (χ4n) is 4.77. The molecule has 5 heterocycles. The maximum atomic E-state index is 13.0. The van der Waals surface area contributed by atoms with Gasteiger partial charge in [-0.1, -0.05) is 0 Å². The number of amides is 1. The van der Waals surface area contributed by atoms with Crippen LogP contribution < -0.4 is 10.1 Å². The summed E-state index contributed by atoms with van der Waals surface area (Å²) in [4.78, 5) is 35.5. The zero-order valence-corrected chi connectivity index (χ0v) is 22.5. The molecule has 4 aromatic heterocycles. The van der Waals surface area contributed by atoms with E-state index in [1.165, 1.54) is 0 Å². The van der Waals surface area contributed by atoms with Crippen molar-refractivity contribution in [2.45, 2.75) is 39.8 Å². The predicted molar refractivity (Wildman–Crippen MR) is 148 cm³/mol. The Balaban J connectivity index is 1.36. The first-order chi connectivity index (χ1) is 18.4. The van der Waals surface area contributed by atoms with Crippen LogP contribution in [0.15, 0.2) is 49.1 Å². The maximum absolute atomic E-state index is 13.0. The summed E-state index contributed by atoms with van der Waals surface area (Å²) in [5.74, 6) is 1.50. The average Bonchev–Trinajstić information content (AvgIpc) is 3.33. The van der Waals surface area contributed by atoms with E-state index in [1.807, 2.05) is 17.0 Å². The van der Waals surface area contributed by atoms with Gasteiger partial charge in [0.25, 0.3) is 5.91 Å². The minimum absolute atomic E-state index is 0.00518. The number of nitrogens with zero attached hydrogens (tertiary/aromatic N) is 7. The molecule has 0 saturated carbocycles. The lowest BCUT2D eigenvalue weighted by molar-refractivity contribution is 0.0595. The number of hydrogen-bond acceptors (Lipinski definition) is 8. The summed E-state index contributed by atoms with van der Waals surface area (Å²) in [6.45, 7) is 11.8. The van der Waals surface area contributed by atoms with Crippen LogP contribution in [0.5, 0.6) is 5.75 Å². The first-order valence-corrected chi connectivity index (χ1v) is 13.0. The molecule has 10 heteroatoms. The number of rotatable bonds is 7. The van der Waals surface area contributed by atoms with Crippen molar-refractivity contribution in [2.75, 3.05) is 38.6 Å². The lowest BCUT2D eigenvalue weighted by Crippen LogP contribution is -2.50. The van der Waals surface area contributed by atoms with Crippen LogP contribution in [0.3, 0.4) is 0 Å². The molecule has 1 saturated heterocycles. The number of piperazine rings is 1. The standard InChI is InChI=1S/C28H34N8O2/c1-18(2)34-11-13-35(14-12-34)27(37)20-8-9-24(30-15-20)32-28-31-16-23(38-5)25(33-28)22-17-36(19(3)4)26-21(22)7-6-10-29-26/h6-10,15-19H,11-14H2,1-5H3,(H,30,31,32,33). The molecule has 0 radical (unpaired) electrons. The molecular weight excluding hydrogens is 480 g/mol. The number of nitrogens with one attached hydrogen (secondary N) is 1. The summed E-state index contributed by atoms with van der Waals surface area (Å²) < 4.78 is 7.72. The predicted octanol–water partition coefficient (Wildman–Crippen LogP) is 4.39. The van der Waals surface area contributed by atoms with E-state index in [9.17, 15) is 4.79 Å². The number of aromatic nitrogens is 5. The Morgan fingerprint density at radius 3 is 2.42 bits per heavy atom. The highest BCUT2D eigenvalue weighted by Crippen LogP contribution is 2.36. The van der Waals surface area contributed by atoms with E-state index in [2.05, 4.69) is 63.6 Å². The molecule has 198 valence electrons. The second-order valence-electron chi connectivity index (χ2n) is 10.0. The Bertz CT molecular complexity index is 1420. The first-order valence-electron chi connectivity index (χ1n) is 13.0. The summed E-state index contributed by atoms with van der Waals surface area (Å²) in [6.07, 6.45) is 7.09. The molecule has 10 nitrogen and oxygen atoms in total. The third-order valence-electron chi connectivity index (χ3n) is 6.96. The third kappa shape index (κ3) is 5.04. The van der Waals surface area contributed by atoms with Crippen molar-refractivity contribution in [1.82, 2.24) is 34.3 Å². The van der Waals surface area contributed by atoms with Crippen LogP contribution in [0.4, 0.5) is 11.8 Å². The van der Waals surface area contributed by atoms with Gasteiger partial charge in [0.05, 0.1) is 18.9 Å². The number of hydrogen-bond donors (Lipinski definition) is 1. The van der Waals surface area contributed by atoms with Crippen LogP contribution >= 0.6 is 0 Å². The molecule has 1 amide bonds.